The molecule has 0 bridgehead atoms. The van der Waals surface area contributed by atoms with Gasteiger partial charge in [-0.1, -0.05) is 30.3 Å². The molecule has 0 amide bonds. The summed E-state index contributed by atoms with van der Waals surface area (Å²) in [4.78, 5) is 3.43. The topological polar surface area (TPSA) is 24.9 Å². The van der Waals surface area contributed by atoms with E-state index in [9.17, 15) is 8.78 Å². The Morgan fingerprint density at radius 1 is 0.941 bits per heavy atom. The van der Waals surface area contributed by atoms with E-state index in [4.69, 9.17) is 0 Å². The summed E-state index contributed by atoms with van der Waals surface area (Å²) in [7, 11) is 0. The van der Waals surface area contributed by atoms with Crippen LogP contribution in [0.2, 0.25) is 0 Å². The van der Waals surface area contributed by atoms with Crippen LogP contribution in [0.1, 0.15) is 11.1 Å². The number of hydrogen-bond acceptors (Lipinski definition) is 2. The fourth-order valence-corrected chi connectivity index (χ4v) is 1.53. The van der Waals surface area contributed by atoms with Crippen LogP contribution in [0.25, 0.3) is 0 Å². The van der Waals surface area contributed by atoms with Gasteiger partial charge < -0.3 is 5.32 Å². The maximum atomic E-state index is 13.2. The molecule has 1 aromatic carbocycles. The number of halogens is 2. The summed E-state index contributed by atoms with van der Waals surface area (Å²) >= 11 is 0. The van der Waals surface area contributed by atoms with Gasteiger partial charge in [0.2, 0.25) is 0 Å². The number of nitrogens with zero attached hydrogens (tertiary/aromatic N) is 1. The Kier molecular flexibility index (Phi) is 3.77. The van der Waals surface area contributed by atoms with E-state index in [1.165, 1.54) is 0 Å². The third-order valence-corrected chi connectivity index (χ3v) is 2.43. The molecule has 0 unspecified atom stereocenters. The van der Waals surface area contributed by atoms with E-state index >= 15 is 0 Å². The van der Waals surface area contributed by atoms with Gasteiger partial charge in [0.15, 0.2) is 0 Å². The Labute approximate surface area is 98.3 Å². The summed E-state index contributed by atoms with van der Waals surface area (Å²) in [5.41, 5.74) is 1.10. The Morgan fingerprint density at radius 3 is 2.24 bits per heavy atom. The largest absolute Gasteiger partial charge is 0.308 e. The molecular weight excluding hydrogens is 222 g/mol. The summed E-state index contributed by atoms with van der Waals surface area (Å²) in [6.45, 7) is 0.719. The summed E-state index contributed by atoms with van der Waals surface area (Å²) in [6, 6.07) is 9.67. The normalized spacial score (nSPS) is 10.5. The Morgan fingerprint density at radius 2 is 1.59 bits per heavy atom. The Hall–Kier alpha value is -1.81. The first-order chi connectivity index (χ1) is 8.27. The highest BCUT2D eigenvalue weighted by molar-refractivity contribution is 5.16. The van der Waals surface area contributed by atoms with Crippen molar-refractivity contribution in [2.45, 2.75) is 13.1 Å². The van der Waals surface area contributed by atoms with Crippen LogP contribution in [0.5, 0.6) is 0 Å². The van der Waals surface area contributed by atoms with Crippen LogP contribution in [0.3, 0.4) is 0 Å². The second-order valence-electron chi connectivity index (χ2n) is 3.67. The monoisotopic (exact) mass is 234 g/mol. The molecule has 0 aliphatic heterocycles. The highest BCUT2D eigenvalue weighted by Crippen LogP contribution is 2.10. The van der Waals surface area contributed by atoms with E-state index in [1.54, 1.807) is 0 Å². The highest BCUT2D eigenvalue weighted by atomic mass is 19.1. The Bertz CT molecular complexity index is 466. The predicted octanol–water partition coefficient (Wildman–Crippen LogP) is 2.65. The van der Waals surface area contributed by atoms with Gasteiger partial charge in [-0.15, -0.1) is 0 Å². The first-order valence-corrected chi connectivity index (χ1v) is 5.30. The first kappa shape index (κ1) is 11.7. The lowest BCUT2D eigenvalue weighted by Gasteiger charge is -2.06. The van der Waals surface area contributed by atoms with Crippen LogP contribution >= 0.6 is 0 Å². The van der Waals surface area contributed by atoms with Crippen molar-refractivity contribution < 1.29 is 8.78 Å². The molecule has 0 saturated heterocycles. The zero-order chi connectivity index (χ0) is 12.1. The SMILES string of the molecule is Fc1cncc(F)c1CNCc1ccccc1. The minimum Gasteiger partial charge on any atom is -0.308 e. The zero-order valence-electron chi connectivity index (χ0n) is 9.16. The van der Waals surface area contributed by atoms with Crippen molar-refractivity contribution in [2.75, 3.05) is 0 Å². The molecule has 4 heteroatoms. The summed E-state index contributed by atoms with van der Waals surface area (Å²) < 4.78 is 26.5. The second kappa shape index (κ2) is 5.50. The van der Waals surface area contributed by atoms with Crippen LogP contribution in [0, 0.1) is 11.6 Å². The molecule has 0 atom stereocenters. The lowest BCUT2D eigenvalue weighted by Crippen LogP contribution is -2.15. The van der Waals surface area contributed by atoms with Crippen molar-refractivity contribution >= 4 is 0 Å². The number of aromatic nitrogens is 1. The van der Waals surface area contributed by atoms with Crippen LogP contribution in [-0.4, -0.2) is 4.98 Å². The standard InChI is InChI=1S/C13H12F2N2/c14-12-8-17-9-13(15)11(12)7-16-6-10-4-2-1-3-5-10/h1-5,8-9,16H,6-7H2. The van der Waals surface area contributed by atoms with E-state index in [2.05, 4.69) is 10.3 Å². The van der Waals surface area contributed by atoms with E-state index in [0.717, 1.165) is 18.0 Å². The van der Waals surface area contributed by atoms with Gasteiger partial charge in [-0.3, -0.25) is 4.98 Å². The average Bonchev–Trinajstić information content (AvgIpc) is 2.34. The third kappa shape index (κ3) is 3.07. The quantitative estimate of drug-likeness (QED) is 0.879. The number of rotatable bonds is 4. The lowest BCUT2D eigenvalue weighted by atomic mass is 10.2. The van der Waals surface area contributed by atoms with Gasteiger partial charge in [0.25, 0.3) is 0 Å². The van der Waals surface area contributed by atoms with E-state index in [1.807, 2.05) is 30.3 Å². The van der Waals surface area contributed by atoms with Gasteiger partial charge in [0.05, 0.1) is 12.4 Å². The van der Waals surface area contributed by atoms with Gasteiger partial charge in [-0.25, -0.2) is 8.78 Å². The molecule has 1 N–H and O–H groups in total. The molecule has 0 aliphatic rings. The summed E-state index contributed by atoms with van der Waals surface area (Å²) in [6.07, 6.45) is 2.03. The molecule has 0 radical (unpaired) electrons. The number of pyridine rings is 1. The lowest BCUT2D eigenvalue weighted by molar-refractivity contribution is 0.527. The fourth-order valence-electron chi connectivity index (χ4n) is 1.53. The van der Waals surface area contributed by atoms with Crippen molar-refractivity contribution in [3.63, 3.8) is 0 Å². The molecule has 0 spiro atoms. The molecule has 0 fully saturated rings. The average molecular weight is 234 g/mol. The van der Waals surface area contributed by atoms with E-state index < -0.39 is 11.6 Å². The van der Waals surface area contributed by atoms with E-state index in [-0.39, 0.29) is 12.1 Å². The molecule has 88 valence electrons. The van der Waals surface area contributed by atoms with Gasteiger partial charge in [0.1, 0.15) is 11.6 Å². The van der Waals surface area contributed by atoms with Crippen LogP contribution in [0.4, 0.5) is 8.78 Å². The van der Waals surface area contributed by atoms with Crippen molar-refractivity contribution in [1.29, 1.82) is 0 Å². The third-order valence-electron chi connectivity index (χ3n) is 2.43. The van der Waals surface area contributed by atoms with Crippen LogP contribution in [0.15, 0.2) is 42.7 Å². The molecule has 0 saturated carbocycles. The van der Waals surface area contributed by atoms with Crippen molar-refractivity contribution in [3.05, 3.63) is 65.5 Å². The van der Waals surface area contributed by atoms with Crippen molar-refractivity contribution in [3.8, 4) is 0 Å². The highest BCUT2D eigenvalue weighted by Gasteiger charge is 2.07. The molecular formula is C13H12F2N2. The fraction of sp³-hybridized carbons (Fsp3) is 0.154. The molecule has 1 aromatic heterocycles. The molecule has 17 heavy (non-hydrogen) atoms. The minimum atomic E-state index is -0.620. The van der Waals surface area contributed by atoms with Gasteiger partial charge in [-0.2, -0.15) is 0 Å². The summed E-state index contributed by atoms with van der Waals surface area (Å²) in [5.74, 6) is -1.24. The van der Waals surface area contributed by atoms with Crippen molar-refractivity contribution in [1.82, 2.24) is 10.3 Å². The predicted molar refractivity (Wildman–Crippen MR) is 61.1 cm³/mol. The minimum absolute atomic E-state index is 0.0240. The van der Waals surface area contributed by atoms with Crippen LogP contribution < -0.4 is 5.32 Å². The van der Waals surface area contributed by atoms with Gasteiger partial charge in [0, 0.05) is 18.7 Å². The number of hydrogen-bond donors (Lipinski definition) is 1. The maximum absolute atomic E-state index is 13.2. The van der Waals surface area contributed by atoms with Gasteiger partial charge in [-0.05, 0) is 5.56 Å². The smallest absolute Gasteiger partial charge is 0.148 e. The molecule has 1 heterocycles. The number of nitrogens with one attached hydrogen (secondary N) is 1. The van der Waals surface area contributed by atoms with Gasteiger partial charge >= 0.3 is 0 Å². The molecule has 2 aromatic rings. The first-order valence-electron chi connectivity index (χ1n) is 5.30. The Balaban J connectivity index is 1.95. The second-order valence-corrected chi connectivity index (χ2v) is 3.67. The summed E-state index contributed by atoms with van der Waals surface area (Å²) in [5, 5.41) is 2.99. The maximum Gasteiger partial charge on any atom is 0.148 e. The molecule has 2 nitrogen and oxygen atoms in total. The molecule has 2 rings (SSSR count). The number of benzene rings is 1. The van der Waals surface area contributed by atoms with Crippen molar-refractivity contribution in [2.24, 2.45) is 0 Å². The zero-order valence-corrected chi connectivity index (χ0v) is 9.16. The van der Waals surface area contributed by atoms with E-state index in [0.29, 0.717) is 6.54 Å². The molecule has 0 aliphatic carbocycles. The van der Waals surface area contributed by atoms with Crippen LogP contribution in [-0.2, 0) is 13.1 Å².